The lowest BCUT2D eigenvalue weighted by Crippen LogP contribution is -2.46. The predicted octanol–water partition coefficient (Wildman–Crippen LogP) is 4.90. The molecule has 7 nitrogen and oxygen atoms in total. The van der Waals surface area contributed by atoms with Crippen LogP contribution < -0.4 is 10.1 Å². The largest absolute Gasteiger partial charge is 0.492 e. The van der Waals surface area contributed by atoms with E-state index in [1.807, 2.05) is 6.92 Å². The van der Waals surface area contributed by atoms with E-state index in [4.69, 9.17) is 21.7 Å². The van der Waals surface area contributed by atoms with Crippen LogP contribution in [-0.2, 0) is 15.3 Å². The fourth-order valence-corrected chi connectivity index (χ4v) is 6.09. The first-order valence-corrected chi connectivity index (χ1v) is 13.5. The maximum Gasteiger partial charge on any atom is 0.274 e. The molecule has 1 aliphatic heterocycles. The maximum absolute atomic E-state index is 12.7. The highest BCUT2D eigenvalue weighted by Crippen LogP contribution is 2.47. The number of aromatic nitrogens is 1. The van der Waals surface area contributed by atoms with E-state index in [1.54, 1.807) is 24.3 Å². The van der Waals surface area contributed by atoms with Crippen LogP contribution >= 0.6 is 11.6 Å². The van der Waals surface area contributed by atoms with Gasteiger partial charge in [-0.25, -0.2) is 13.4 Å². The van der Waals surface area contributed by atoms with Crippen molar-refractivity contribution >= 4 is 38.7 Å². The summed E-state index contributed by atoms with van der Waals surface area (Å²) in [6.45, 7) is 4.22. The summed E-state index contributed by atoms with van der Waals surface area (Å²) in [5, 5.41) is 12.0. The highest BCUT2D eigenvalue weighted by molar-refractivity contribution is 7.90. The predicted molar refractivity (Wildman–Crippen MR) is 132 cm³/mol. The Kier molecular flexibility index (Phi) is 7.80. The summed E-state index contributed by atoms with van der Waals surface area (Å²) in [4.78, 5) is 16.7. The normalized spacial score (nSPS) is 18.3. The zero-order chi connectivity index (χ0) is 24.2. The summed E-state index contributed by atoms with van der Waals surface area (Å²) in [5.74, 6) is -0.232. The smallest absolute Gasteiger partial charge is 0.274 e. The van der Waals surface area contributed by atoms with Crippen molar-refractivity contribution in [1.82, 2.24) is 4.98 Å². The number of nitrogens with zero attached hydrogens (tertiary/aromatic N) is 1. The van der Waals surface area contributed by atoms with Crippen LogP contribution in [0.1, 0.15) is 55.6 Å². The van der Waals surface area contributed by atoms with Crippen LogP contribution in [-0.4, -0.2) is 43.6 Å². The topological polar surface area (TPSA) is 109 Å². The fraction of sp³-hybridized carbons (Fsp3) is 0.458. The summed E-state index contributed by atoms with van der Waals surface area (Å²) < 4.78 is 31.0. The molecule has 0 radical (unpaired) electrons. The summed E-state index contributed by atoms with van der Waals surface area (Å²) in [5.41, 5.74) is 1.09. The second-order valence-corrected chi connectivity index (χ2v) is 11.2. The molecular formula is C24H30ClN3O4S. The summed E-state index contributed by atoms with van der Waals surface area (Å²) in [7, 11) is -3.39. The van der Waals surface area contributed by atoms with Gasteiger partial charge in [0.1, 0.15) is 21.3 Å². The van der Waals surface area contributed by atoms with Crippen molar-refractivity contribution in [2.24, 2.45) is 5.92 Å². The first-order chi connectivity index (χ1) is 15.6. The second-order valence-electron chi connectivity index (χ2n) is 8.63. The quantitative estimate of drug-likeness (QED) is 0.459. The van der Waals surface area contributed by atoms with Gasteiger partial charge in [0, 0.05) is 35.3 Å². The van der Waals surface area contributed by atoms with Crippen molar-refractivity contribution in [2.75, 3.05) is 23.9 Å². The van der Waals surface area contributed by atoms with Crippen LogP contribution in [0.4, 0.5) is 5.69 Å². The van der Waals surface area contributed by atoms with Gasteiger partial charge in [0.2, 0.25) is 0 Å². The number of ether oxygens (including phenoxy) is 1. The molecule has 0 bridgehead atoms. The van der Waals surface area contributed by atoms with Crippen molar-refractivity contribution in [1.29, 1.82) is 5.41 Å². The molecule has 1 aromatic carbocycles. The molecule has 0 spiro atoms. The molecule has 33 heavy (non-hydrogen) atoms. The highest BCUT2D eigenvalue weighted by Gasteiger charge is 2.50. The van der Waals surface area contributed by atoms with E-state index in [0.717, 1.165) is 12.8 Å². The van der Waals surface area contributed by atoms with Crippen LogP contribution in [0.25, 0.3) is 0 Å². The minimum Gasteiger partial charge on any atom is -0.492 e. The van der Waals surface area contributed by atoms with Crippen LogP contribution in [0, 0.1) is 11.3 Å². The van der Waals surface area contributed by atoms with Gasteiger partial charge in [-0.2, -0.15) is 0 Å². The van der Waals surface area contributed by atoms with E-state index in [1.165, 1.54) is 18.5 Å². The number of benzene rings is 1. The summed E-state index contributed by atoms with van der Waals surface area (Å²) in [6, 6.07) is 8.35. The van der Waals surface area contributed by atoms with Crippen LogP contribution in [0.5, 0.6) is 5.75 Å². The van der Waals surface area contributed by atoms with Crippen LogP contribution in [0.2, 0.25) is 5.02 Å². The number of hydrogen-bond acceptors (Lipinski definition) is 6. The van der Waals surface area contributed by atoms with Gasteiger partial charge >= 0.3 is 0 Å². The van der Waals surface area contributed by atoms with Gasteiger partial charge in [0.05, 0.1) is 22.8 Å². The molecule has 2 unspecified atom stereocenters. The van der Waals surface area contributed by atoms with Crippen molar-refractivity contribution < 1.29 is 17.9 Å². The minimum absolute atomic E-state index is 0.129. The Morgan fingerprint density at radius 3 is 2.67 bits per heavy atom. The van der Waals surface area contributed by atoms with Crippen molar-refractivity contribution in [3.8, 4) is 5.75 Å². The first-order valence-electron chi connectivity index (χ1n) is 11.0. The van der Waals surface area contributed by atoms with E-state index in [2.05, 4.69) is 17.2 Å². The third-order valence-electron chi connectivity index (χ3n) is 6.03. The lowest BCUT2D eigenvalue weighted by molar-refractivity contribution is 0.102. The van der Waals surface area contributed by atoms with E-state index < -0.39 is 21.2 Å². The Morgan fingerprint density at radius 2 is 2.06 bits per heavy atom. The second kappa shape index (κ2) is 10.2. The number of carbonyl (C=O) groups excluding carboxylic acids is 1. The van der Waals surface area contributed by atoms with Gasteiger partial charge in [-0.05, 0) is 49.6 Å². The van der Waals surface area contributed by atoms with Gasteiger partial charge in [0.15, 0.2) is 0 Å². The molecule has 1 aromatic heterocycles. The molecule has 9 heteroatoms. The Morgan fingerprint density at radius 1 is 1.30 bits per heavy atom. The number of halogens is 1. The monoisotopic (exact) mass is 491 g/mol. The molecular weight excluding hydrogens is 462 g/mol. The minimum atomic E-state index is -3.39. The standard InChI is InChI=1S/C24H30ClN3O4S/c1-4-6-7-20(26)18(5-2)24(15-33(3,30)31)14-32-22-11-9-17(12-19(22)24)28-23(29)21-10-8-16(25)13-27-21/h8-13,18,26H,4-7,14-15H2,1-3H3,(H,28,29). The van der Waals surface area contributed by atoms with Crippen LogP contribution in [0.3, 0.4) is 0 Å². The number of sulfone groups is 1. The summed E-state index contributed by atoms with van der Waals surface area (Å²) in [6.07, 6.45) is 5.69. The van der Waals surface area contributed by atoms with Gasteiger partial charge in [0.25, 0.3) is 5.91 Å². The molecule has 178 valence electrons. The van der Waals surface area contributed by atoms with Gasteiger partial charge in [-0.15, -0.1) is 0 Å². The molecule has 0 saturated carbocycles. The Balaban J connectivity index is 2.00. The van der Waals surface area contributed by atoms with E-state index >= 15 is 0 Å². The van der Waals surface area contributed by atoms with Gasteiger partial charge < -0.3 is 15.5 Å². The molecule has 2 atom stereocenters. The molecule has 2 aromatic rings. The van der Waals surface area contributed by atoms with E-state index in [-0.39, 0.29) is 24.0 Å². The number of hydrogen-bond donors (Lipinski definition) is 2. The number of fused-ring (bicyclic) bond motifs is 1. The zero-order valence-electron chi connectivity index (χ0n) is 19.2. The molecule has 1 amide bonds. The van der Waals surface area contributed by atoms with Gasteiger partial charge in [-0.3, -0.25) is 4.79 Å². The van der Waals surface area contributed by atoms with Crippen molar-refractivity contribution in [3.63, 3.8) is 0 Å². The Bertz CT molecular complexity index is 1130. The molecule has 0 fully saturated rings. The Hall–Kier alpha value is -2.45. The lowest BCUT2D eigenvalue weighted by Gasteiger charge is -2.36. The maximum atomic E-state index is 12.7. The Labute approximate surface area is 200 Å². The molecule has 0 aliphatic carbocycles. The average molecular weight is 492 g/mol. The molecule has 2 heterocycles. The average Bonchev–Trinajstić information content (AvgIpc) is 3.10. The first kappa shape index (κ1) is 25.2. The third kappa shape index (κ3) is 5.73. The zero-order valence-corrected chi connectivity index (χ0v) is 20.7. The molecule has 1 aliphatic rings. The molecule has 3 rings (SSSR count). The number of anilines is 1. The number of amides is 1. The van der Waals surface area contributed by atoms with Crippen LogP contribution in [0.15, 0.2) is 36.5 Å². The van der Waals surface area contributed by atoms with Gasteiger partial charge in [-0.1, -0.05) is 31.9 Å². The SMILES string of the molecule is CCCCC(=N)C(CC)C1(CS(C)(=O)=O)COc2ccc(NC(=O)c3ccc(Cl)cn3)cc21. The number of pyridine rings is 1. The summed E-state index contributed by atoms with van der Waals surface area (Å²) >= 11 is 5.85. The molecule has 2 N–H and O–H groups in total. The lowest BCUT2D eigenvalue weighted by atomic mass is 9.69. The number of nitrogens with one attached hydrogen (secondary N) is 2. The van der Waals surface area contributed by atoms with E-state index in [9.17, 15) is 13.2 Å². The molecule has 0 saturated heterocycles. The third-order valence-corrected chi connectivity index (χ3v) is 7.30. The number of carbonyl (C=O) groups is 1. The van der Waals surface area contributed by atoms with E-state index in [0.29, 0.717) is 40.6 Å². The van der Waals surface area contributed by atoms with Crippen molar-refractivity contribution in [2.45, 2.75) is 44.9 Å². The highest BCUT2D eigenvalue weighted by atomic mass is 35.5. The van der Waals surface area contributed by atoms with Crippen molar-refractivity contribution in [3.05, 3.63) is 52.8 Å². The fourth-order valence-electron chi connectivity index (χ4n) is 4.60. The number of rotatable bonds is 10. The number of unbranched alkanes of at least 4 members (excludes halogenated alkanes) is 1.